The van der Waals surface area contributed by atoms with E-state index in [1.165, 1.54) is 4.90 Å². The fourth-order valence-electron chi connectivity index (χ4n) is 1.52. The van der Waals surface area contributed by atoms with Crippen molar-refractivity contribution in [2.45, 2.75) is 32.4 Å². The number of carbonyl (C=O) groups excluding carboxylic acids is 1. The van der Waals surface area contributed by atoms with E-state index in [0.717, 1.165) is 5.56 Å². The lowest BCUT2D eigenvalue weighted by Crippen LogP contribution is -2.38. The molecule has 0 spiro atoms. The van der Waals surface area contributed by atoms with Gasteiger partial charge in [0.1, 0.15) is 5.60 Å². The molecule has 1 aromatic carbocycles. The van der Waals surface area contributed by atoms with Gasteiger partial charge in [-0.25, -0.2) is 4.79 Å². The topological polar surface area (TPSA) is 55.6 Å². The third-order valence-electron chi connectivity index (χ3n) is 2.40. The van der Waals surface area contributed by atoms with Gasteiger partial charge in [0.15, 0.2) is 0 Å². The van der Waals surface area contributed by atoms with Crippen molar-refractivity contribution in [1.29, 1.82) is 0 Å². The summed E-state index contributed by atoms with van der Waals surface area (Å²) in [5.41, 5.74) is 6.57. The summed E-state index contributed by atoms with van der Waals surface area (Å²) < 4.78 is 5.27. The molecule has 1 unspecified atom stereocenters. The Morgan fingerprint density at radius 3 is 2.39 bits per heavy atom. The summed E-state index contributed by atoms with van der Waals surface area (Å²) in [5.74, 6) is 0. The van der Waals surface area contributed by atoms with E-state index in [2.05, 4.69) is 0 Å². The number of hydrogen-bond donors (Lipinski definition) is 1. The van der Waals surface area contributed by atoms with Gasteiger partial charge >= 0.3 is 6.09 Å². The van der Waals surface area contributed by atoms with E-state index in [-0.39, 0.29) is 12.1 Å². The van der Waals surface area contributed by atoms with Crippen LogP contribution in [0.2, 0.25) is 0 Å². The third kappa shape index (κ3) is 4.75. The van der Waals surface area contributed by atoms with E-state index in [0.29, 0.717) is 6.54 Å². The molecule has 0 bridgehead atoms. The van der Waals surface area contributed by atoms with Crippen LogP contribution in [-0.2, 0) is 4.74 Å². The van der Waals surface area contributed by atoms with Gasteiger partial charge in [-0.1, -0.05) is 30.3 Å². The predicted molar refractivity (Wildman–Crippen MR) is 72.2 cm³/mol. The second-order valence-corrected chi connectivity index (χ2v) is 5.38. The van der Waals surface area contributed by atoms with Gasteiger partial charge in [-0.3, -0.25) is 0 Å². The highest BCUT2D eigenvalue weighted by Crippen LogP contribution is 2.13. The molecule has 0 aliphatic carbocycles. The molecule has 0 aliphatic heterocycles. The summed E-state index contributed by atoms with van der Waals surface area (Å²) >= 11 is 0. The number of nitrogens with two attached hydrogens (primary N) is 1. The molecule has 2 N–H and O–H groups in total. The molecule has 0 radical (unpaired) electrons. The van der Waals surface area contributed by atoms with Crippen LogP contribution in [0.1, 0.15) is 32.4 Å². The Labute approximate surface area is 109 Å². The minimum absolute atomic E-state index is 0.205. The summed E-state index contributed by atoms with van der Waals surface area (Å²) in [6.07, 6.45) is -0.353. The summed E-state index contributed by atoms with van der Waals surface area (Å²) in [6.45, 7) is 5.96. The molecule has 1 amide bonds. The Morgan fingerprint density at radius 1 is 1.33 bits per heavy atom. The van der Waals surface area contributed by atoms with Gasteiger partial charge < -0.3 is 15.4 Å². The van der Waals surface area contributed by atoms with E-state index in [1.54, 1.807) is 7.05 Å². The normalized spacial score (nSPS) is 12.9. The summed E-state index contributed by atoms with van der Waals surface area (Å²) in [7, 11) is 1.69. The number of amides is 1. The van der Waals surface area contributed by atoms with Crippen LogP contribution in [-0.4, -0.2) is 30.2 Å². The Hall–Kier alpha value is -1.55. The predicted octanol–water partition coefficient (Wildman–Crippen LogP) is 2.55. The van der Waals surface area contributed by atoms with Crippen LogP contribution in [0, 0.1) is 0 Å². The fourth-order valence-corrected chi connectivity index (χ4v) is 1.52. The first-order valence-electron chi connectivity index (χ1n) is 6.04. The minimum Gasteiger partial charge on any atom is -0.444 e. The molecule has 0 saturated carbocycles. The van der Waals surface area contributed by atoms with Gasteiger partial charge in [-0.05, 0) is 26.3 Å². The Kier molecular flexibility index (Phi) is 4.73. The van der Waals surface area contributed by atoms with Crippen LogP contribution in [0.15, 0.2) is 30.3 Å². The maximum Gasteiger partial charge on any atom is 0.410 e. The second kappa shape index (κ2) is 5.87. The molecule has 100 valence electrons. The number of likely N-dealkylation sites (N-methyl/N-ethyl adjacent to an activating group) is 1. The number of ether oxygens (including phenoxy) is 1. The lowest BCUT2D eigenvalue weighted by molar-refractivity contribution is 0.0289. The lowest BCUT2D eigenvalue weighted by atomic mass is 10.1. The first-order valence-corrected chi connectivity index (χ1v) is 6.04. The van der Waals surface area contributed by atoms with Gasteiger partial charge in [-0.2, -0.15) is 0 Å². The molecule has 0 fully saturated rings. The van der Waals surface area contributed by atoms with Gasteiger partial charge in [0.2, 0.25) is 0 Å². The van der Waals surface area contributed by atoms with Crippen molar-refractivity contribution in [2.75, 3.05) is 13.6 Å². The van der Waals surface area contributed by atoms with Gasteiger partial charge in [-0.15, -0.1) is 0 Å². The smallest absolute Gasteiger partial charge is 0.410 e. The summed E-state index contributed by atoms with van der Waals surface area (Å²) in [5, 5.41) is 0. The average molecular weight is 250 g/mol. The standard InChI is InChI=1S/C14H22N2O2/c1-14(2,3)18-13(17)16(4)10-12(15)11-8-6-5-7-9-11/h5-9,12H,10,15H2,1-4H3. The molecular formula is C14H22N2O2. The van der Waals surface area contributed by atoms with Crippen LogP contribution in [0.3, 0.4) is 0 Å². The largest absolute Gasteiger partial charge is 0.444 e. The fraction of sp³-hybridized carbons (Fsp3) is 0.500. The van der Waals surface area contributed by atoms with Crippen LogP contribution >= 0.6 is 0 Å². The Balaban J connectivity index is 2.55. The maximum absolute atomic E-state index is 11.8. The first kappa shape index (κ1) is 14.5. The summed E-state index contributed by atoms with van der Waals surface area (Å²) in [4.78, 5) is 13.3. The van der Waals surface area contributed by atoms with E-state index in [4.69, 9.17) is 10.5 Å². The number of rotatable bonds is 3. The van der Waals surface area contributed by atoms with Crippen LogP contribution in [0.25, 0.3) is 0 Å². The van der Waals surface area contributed by atoms with Crippen LogP contribution in [0.4, 0.5) is 4.79 Å². The molecule has 0 aliphatic rings. The number of carbonyl (C=O) groups is 1. The minimum atomic E-state index is -0.484. The molecule has 4 nitrogen and oxygen atoms in total. The molecule has 0 aromatic heterocycles. The van der Waals surface area contributed by atoms with Crippen molar-refractivity contribution in [3.8, 4) is 0 Å². The van der Waals surface area contributed by atoms with Gasteiger partial charge in [0, 0.05) is 19.6 Å². The molecule has 0 heterocycles. The maximum atomic E-state index is 11.8. The quantitative estimate of drug-likeness (QED) is 0.897. The van der Waals surface area contributed by atoms with Crippen molar-refractivity contribution in [2.24, 2.45) is 5.73 Å². The molecule has 18 heavy (non-hydrogen) atoms. The van der Waals surface area contributed by atoms with Gasteiger partial charge in [0.25, 0.3) is 0 Å². The zero-order valence-corrected chi connectivity index (χ0v) is 11.5. The molecule has 1 aromatic rings. The van der Waals surface area contributed by atoms with E-state index in [9.17, 15) is 4.79 Å². The highest BCUT2D eigenvalue weighted by Gasteiger charge is 2.21. The van der Waals surface area contributed by atoms with E-state index in [1.807, 2.05) is 51.1 Å². The molecule has 1 atom stereocenters. The van der Waals surface area contributed by atoms with Gasteiger partial charge in [0.05, 0.1) is 0 Å². The number of benzene rings is 1. The zero-order chi connectivity index (χ0) is 13.8. The molecular weight excluding hydrogens is 228 g/mol. The molecule has 1 rings (SSSR count). The van der Waals surface area contributed by atoms with Crippen molar-refractivity contribution in [3.63, 3.8) is 0 Å². The average Bonchev–Trinajstić information content (AvgIpc) is 2.27. The van der Waals surface area contributed by atoms with E-state index < -0.39 is 5.60 Å². The second-order valence-electron chi connectivity index (χ2n) is 5.38. The van der Waals surface area contributed by atoms with Crippen LogP contribution < -0.4 is 5.73 Å². The number of nitrogens with zero attached hydrogens (tertiary/aromatic N) is 1. The van der Waals surface area contributed by atoms with Crippen molar-refractivity contribution in [3.05, 3.63) is 35.9 Å². The Morgan fingerprint density at radius 2 is 1.89 bits per heavy atom. The Bertz CT molecular complexity index is 385. The molecule has 0 saturated heterocycles. The monoisotopic (exact) mass is 250 g/mol. The highest BCUT2D eigenvalue weighted by molar-refractivity contribution is 5.67. The molecule has 4 heteroatoms. The first-order chi connectivity index (χ1) is 8.29. The number of hydrogen-bond acceptors (Lipinski definition) is 3. The third-order valence-corrected chi connectivity index (χ3v) is 2.40. The van der Waals surface area contributed by atoms with Crippen LogP contribution in [0.5, 0.6) is 0 Å². The lowest BCUT2D eigenvalue weighted by Gasteiger charge is -2.26. The summed E-state index contributed by atoms with van der Waals surface area (Å²) in [6, 6.07) is 9.50. The highest BCUT2D eigenvalue weighted by atomic mass is 16.6. The van der Waals surface area contributed by atoms with Crippen molar-refractivity contribution < 1.29 is 9.53 Å². The SMILES string of the molecule is CN(CC(N)c1ccccc1)C(=O)OC(C)(C)C. The van der Waals surface area contributed by atoms with E-state index >= 15 is 0 Å². The van der Waals surface area contributed by atoms with Crippen molar-refractivity contribution >= 4 is 6.09 Å². The van der Waals surface area contributed by atoms with Crippen molar-refractivity contribution in [1.82, 2.24) is 4.90 Å². The zero-order valence-electron chi connectivity index (χ0n) is 11.5.